The molecule has 0 aliphatic heterocycles. The molecule has 84 valence electrons. The van der Waals surface area contributed by atoms with E-state index in [1.165, 1.54) is 11.0 Å². The number of hydrogen-bond donors (Lipinski definition) is 1. The Labute approximate surface area is 92.5 Å². The van der Waals surface area contributed by atoms with Gasteiger partial charge in [-0.1, -0.05) is 19.3 Å². The van der Waals surface area contributed by atoms with Crippen LogP contribution in [-0.4, -0.2) is 25.8 Å². The molecule has 1 aliphatic carbocycles. The molecule has 0 amide bonds. The van der Waals surface area contributed by atoms with Crippen LogP contribution in [0.1, 0.15) is 37.9 Å². The van der Waals surface area contributed by atoms with Gasteiger partial charge < -0.3 is 5.11 Å². The first kappa shape index (κ1) is 10.6. The SMILES string of the molecule is N#Cc1ncn(C2(C(=O)O)CCCCC2)n1. The topological polar surface area (TPSA) is 91.8 Å². The molecule has 1 heterocycles. The van der Waals surface area contributed by atoms with E-state index in [4.69, 9.17) is 5.26 Å². The fourth-order valence-electron chi connectivity index (χ4n) is 2.20. The first-order chi connectivity index (χ1) is 7.69. The van der Waals surface area contributed by atoms with Gasteiger partial charge in [0, 0.05) is 0 Å². The first-order valence-electron chi connectivity index (χ1n) is 5.25. The van der Waals surface area contributed by atoms with Gasteiger partial charge in [0.1, 0.15) is 12.4 Å². The molecular formula is C10H12N4O2. The Morgan fingerprint density at radius 2 is 2.19 bits per heavy atom. The molecule has 0 spiro atoms. The summed E-state index contributed by atoms with van der Waals surface area (Å²) in [5.41, 5.74) is -1.000. The van der Waals surface area contributed by atoms with Crippen LogP contribution in [0.3, 0.4) is 0 Å². The minimum Gasteiger partial charge on any atom is -0.479 e. The van der Waals surface area contributed by atoms with Crippen LogP contribution in [0.2, 0.25) is 0 Å². The van der Waals surface area contributed by atoms with Gasteiger partial charge in [-0.3, -0.25) is 0 Å². The second-order valence-electron chi connectivity index (χ2n) is 4.02. The summed E-state index contributed by atoms with van der Waals surface area (Å²) < 4.78 is 1.34. The summed E-state index contributed by atoms with van der Waals surface area (Å²) in [4.78, 5) is 15.2. The maximum absolute atomic E-state index is 11.4. The summed E-state index contributed by atoms with van der Waals surface area (Å²) >= 11 is 0. The van der Waals surface area contributed by atoms with Gasteiger partial charge in [-0.2, -0.15) is 5.26 Å². The van der Waals surface area contributed by atoms with Gasteiger partial charge in [-0.25, -0.2) is 14.5 Å². The molecule has 1 fully saturated rings. The quantitative estimate of drug-likeness (QED) is 0.799. The second-order valence-corrected chi connectivity index (χ2v) is 4.02. The molecule has 0 aromatic carbocycles. The third kappa shape index (κ3) is 1.54. The third-order valence-electron chi connectivity index (χ3n) is 3.11. The van der Waals surface area contributed by atoms with Gasteiger partial charge in [0.05, 0.1) is 0 Å². The van der Waals surface area contributed by atoms with Crippen molar-refractivity contribution in [2.24, 2.45) is 0 Å². The normalized spacial score (nSPS) is 18.9. The van der Waals surface area contributed by atoms with Crippen LogP contribution in [0, 0.1) is 11.3 Å². The Balaban J connectivity index is 2.39. The fourth-order valence-corrected chi connectivity index (χ4v) is 2.20. The lowest BCUT2D eigenvalue weighted by Crippen LogP contribution is -2.44. The number of aliphatic carboxylic acids is 1. The van der Waals surface area contributed by atoms with Gasteiger partial charge in [0.25, 0.3) is 5.82 Å². The van der Waals surface area contributed by atoms with Gasteiger partial charge in [-0.05, 0) is 12.8 Å². The van der Waals surface area contributed by atoms with Gasteiger partial charge in [0.2, 0.25) is 0 Å². The molecule has 1 N–H and O–H groups in total. The van der Waals surface area contributed by atoms with Crippen molar-refractivity contribution in [1.29, 1.82) is 5.26 Å². The molecule has 0 unspecified atom stereocenters. The van der Waals surface area contributed by atoms with Crippen LogP contribution in [-0.2, 0) is 10.3 Å². The summed E-state index contributed by atoms with van der Waals surface area (Å²) in [6, 6.07) is 1.81. The highest BCUT2D eigenvalue weighted by molar-refractivity contribution is 5.76. The third-order valence-corrected chi connectivity index (χ3v) is 3.11. The fraction of sp³-hybridized carbons (Fsp3) is 0.600. The second kappa shape index (κ2) is 3.93. The number of nitriles is 1. The summed E-state index contributed by atoms with van der Waals surface area (Å²) in [5.74, 6) is -0.868. The average molecular weight is 220 g/mol. The van der Waals surface area contributed by atoms with Crippen LogP contribution in [0.5, 0.6) is 0 Å². The maximum Gasteiger partial charge on any atom is 0.331 e. The number of aromatic nitrogens is 3. The monoisotopic (exact) mass is 220 g/mol. The Morgan fingerprint density at radius 1 is 1.50 bits per heavy atom. The van der Waals surface area contributed by atoms with Crippen molar-refractivity contribution in [2.75, 3.05) is 0 Å². The molecule has 0 radical (unpaired) electrons. The predicted molar refractivity (Wildman–Crippen MR) is 53.4 cm³/mol. The van der Waals surface area contributed by atoms with Gasteiger partial charge >= 0.3 is 5.97 Å². The van der Waals surface area contributed by atoms with Crippen LogP contribution in [0.15, 0.2) is 6.33 Å². The van der Waals surface area contributed by atoms with Crippen molar-refractivity contribution in [3.63, 3.8) is 0 Å². The van der Waals surface area contributed by atoms with E-state index in [2.05, 4.69) is 10.1 Å². The number of rotatable bonds is 2. The summed E-state index contributed by atoms with van der Waals surface area (Å²) in [6.07, 6.45) is 5.24. The zero-order valence-corrected chi connectivity index (χ0v) is 8.76. The molecule has 0 atom stereocenters. The largest absolute Gasteiger partial charge is 0.479 e. The standard InChI is InChI=1S/C10H12N4O2/c11-6-8-12-7-14(13-8)10(9(15)16)4-2-1-3-5-10/h7H,1-5H2,(H,15,16). The Hall–Kier alpha value is -1.90. The van der Waals surface area contributed by atoms with Crippen molar-refractivity contribution >= 4 is 5.97 Å². The van der Waals surface area contributed by atoms with Crippen LogP contribution >= 0.6 is 0 Å². The molecule has 0 bridgehead atoms. The van der Waals surface area contributed by atoms with E-state index in [0.29, 0.717) is 12.8 Å². The van der Waals surface area contributed by atoms with Crippen molar-refractivity contribution in [1.82, 2.24) is 14.8 Å². The lowest BCUT2D eigenvalue weighted by Gasteiger charge is -2.32. The molecule has 1 aromatic heterocycles. The molecule has 16 heavy (non-hydrogen) atoms. The molecular weight excluding hydrogens is 208 g/mol. The zero-order valence-electron chi connectivity index (χ0n) is 8.76. The highest BCUT2D eigenvalue weighted by atomic mass is 16.4. The van der Waals surface area contributed by atoms with E-state index >= 15 is 0 Å². The highest BCUT2D eigenvalue weighted by Gasteiger charge is 2.42. The van der Waals surface area contributed by atoms with E-state index in [-0.39, 0.29) is 5.82 Å². The number of hydrogen-bond acceptors (Lipinski definition) is 4. The molecule has 2 rings (SSSR count). The van der Waals surface area contributed by atoms with E-state index < -0.39 is 11.5 Å². The predicted octanol–water partition coefficient (Wildman–Crippen LogP) is 0.894. The van der Waals surface area contributed by atoms with Gasteiger partial charge in [0.15, 0.2) is 5.54 Å². The minimum atomic E-state index is -1.000. The molecule has 1 aliphatic rings. The van der Waals surface area contributed by atoms with E-state index in [1.807, 2.05) is 0 Å². The number of carboxylic acids is 1. The highest BCUT2D eigenvalue weighted by Crippen LogP contribution is 2.34. The van der Waals surface area contributed by atoms with Gasteiger partial charge in [-0.15, -0.1) is 5.10 Å². The lowest BCUT2D eigenvalue weighted by atomic mass is 9.82. The Bertz CT molecular complexity index is 440. The summed E-state index contributed by atoms with van der Waals surface area (Å²) in [7, 11) is 0. The molecule has 1 saturated carbocycles. The first-order valence-corrected chi connectivity index (χ1v) is 5.25. The lowest BCUT2D eigenvalue weighted by molar-refractivity contribution is -0.150. The van der Waals surface area contributed by atoms with E-state index in [0.717, 1.165) is 19.3 Å². The molecule has 1 aromatic rings. The zero-order chi connectivity index (χ0) is 11.6. The van der Waals surface area contributed by atoms with Crippen LogP contribution < -0.4 is 0 Å². The van der Waals surface area contributed by atoms with E-state index in [9.17, 15) is 9.90 Å². The van der Waals surface area contributed by atoms with Crippen LogP contribution in [0.25, 0.3) is 0 Å². The van der Waals surface area contributed by atoms with Crippen molar-refractivity contribution in [2.45, 2.75) is 37.6 Å². The van der Waals surface area contributed by atoms with Crippen molar-refractivity contribution in [3.8, 4) is 6.07 Å². The maximum atomic E-state index is 11.4. The van der Waals surface area contributed by atoms with Crippen molar-refractivity contribution in [3.05, 3.63) is 12.2 Å². The molecule has 6 nitrogen and oxygen atoms in total. The number of nitrogens with zero attached hydrogens (tertiary/aromatic N) is 4. The van der Waals surface area contributed by atoms with Crippen molar-refractivity contribution < 1.29 is 9.90 Å². The molecule has 6 heteroatoms. The molecule has 0 saturated heterocycles. The minimum absolute atomic E-state index is 0.0196. The average Bonchev–Trinajstić information content (AvgIpc) is 2.78. The van der Waals surface area contributed by atoms with Crippen LogP contribution in [0.4, 0.5) is 0 Å². The summed E-state index contributed by atoms with van der Waals surface area (Å²) in [5, 5.41) is 21.9. The number of carboxylic acid groups (broad SMARTS) is 1. The summed E-state index contributed by atoms with van der Waals surface area (Å²) in [6.45, 7) is 0. The van der Waals surface area contributed by atoms with E-state index in [1.54, 1.807) is 6.07 Å². The Kier molecular flexibility index (Phi) is 2.60. The Morgan fingerprint density at radius 3 is 2.69 bits per heavy atom. The number of carbonyl (C=O) groups is 1. The smallest absolute Gasteiger partial charge is 0.331 e.